The summed E-state index contributed by atoms with van der Waals surface area (Å²) < 4.78 is 10.4. The van der Waals surface area contributed by atoms with Gasteiger partial charge in [0.25, 0.3) is 5.91 Å². The molecule has 1 N–H and O–H groups in total. The SMILES string of the molecule is O=C(COC(=O)COc1ccc2ccccc2c1)NCc1ccc(Cl)cc1. The van der Waals surface area contributed by atoms with E-state index in [9.17, 15) is 9.59 Å². The molecule has 0 bridgehead atoms. The third kappa shape index (κ3) is 5.72. The highest BCUT2D eigenvalue weighted by molar-refractivity contribution is 6.30. The van der Waals surface area contributed by atoms with Gasteiger partial charge in [0.1, 0.15) is 5.75 Å². The second-order valence-electron chi connectivity index (χ2n) is 5.86. The smallest absolute Gasteiger partial charge is 0.344 e. The fourth-order valence-electron chi connectivity index (χ4n) is 2.44. The molecule has 0 spiro atoms. The molecule has 0 unspecified atom stereocenters. The predicted octanol–water partition coefficient (Wildman–Crippen LogP) is 3.73. The molecule has 3 aromatic carbocycles. The van der Waals surface area contributed by atoms with E-state index in [-0.39, 0.29) is 19.1 Å². The fraction of sp³-hybridized carbons (Fsp3) is 0.143. The minimum absolute atomic E-state index is 0.261. The Morgan fingerprint density at radius 1 is 0.889 bits per heavy atom. The molecule has 3 aromatic rings. The summed E-state index contributed by atoms with van der Waals surface area (Å²) in [4.78, 5) is 23.5. The molecule has 0 saturated heterocycles. The number of carbonyl (C=O) groups is 2. The molecule has 27 heavy (non-hydrogen) atoms. The molecule has 0 aromatic heterocycles. The lowest BCUT2D eigenvalue weighted by Gasteiger charge is -2.09. The summed E-state index contributed by atoms with van der Waals surface area (Å²) >= 11 is 5.80. The van der Waals surface area contributed by atoms with Crippen molar-refractivity contribution in [1.82, 2.24) is 5.32 Å². The molecule has 1 amide bonds. The Labute approximate surface area is 161 Å². The summed E-state index contributed by atoms with van der Waals surface area (Å²) in [6.07, 6.45) is 0. The van der Waals surface area contributed by atoms with Gasteiger partial charge < -0.3 is 14.8 Å². The van der Waals surface area contributed by atoms with E-state index in [1.807, 2.05) is 48.5 Å². The van der Waals surface area contributed by atoms with Crippen LogP contribution in [0.2, 0.25) is 5.02 Å². The van der Waals surface area contributed by atoms with Crippen molar-refractivity contribution in [2.45, 2.75) is 6.54 Å². The lowest BCUT2D eigenvalue weighted by atomic mass is 10.1. The van der Waals surface area contributed by atoms with Gasteiger partial charge in [-0.2, -0.15) is 0 Å². The van der Waals surface area contributed by atoms with Crippen molar-refractivity contribution in [2.24, 2.45) is 0 Å². The van der Waals surface area contributed by atoms with Crippen LogP contribution in [0.25, 0.3) is 10.8 Å². The first kappa shape index (κ1) is 18.7. The molecule has 0 aliphatic carbocycles. The van der Waals surface area contributed by atoms with Gasteiger partial charge in [-0.05, 0) is 40.6 Å². The Kier molecular flexibility index (Phi) is 6.28. The van der Waals surface area contributed by atoms with E-state index in [0.29, 0.717) is 17.3 Å². The summed E-state index contributed by atoms with van der Waals surface area (Å²) in [6.45, 7) is -0.280. The van der Waals surface area contributed by atoms with E-state index in [0.717, 1.165) is 16.3 Å². The number of nitrogens with one attached hydrogen (secondary N) is 1. The Balaban J connectivity index is 1.39. The molecule has 0 aliphatic rings. The summed E-state index contributed by atoms with van der Waals surface area (Å²) in [5.41, 5.74) is 0.902. The number of benzene rings is 3. The van der Waals surface area contributed by atoms with Crippen molar-refractivity contribution in [3.8, 4) is 5.75 Å². The van der Waals surface area contributed by atoms with Gasteiger partial charge in [-0.15, -0.1) is 0 Å². The lowest BCUT2D eigenvalue weighted by Crippen LogP contribution is -2.29. The molecule has 0 fully saturated rings. The number of hydrogen-bond donors (Lipinski definition) is 1. The van der Waals surface area contributed by atoms with Crippen LogP contribution in [0.4, 0.5) is 0 Å². The number of ether oxygens (including phenoxy) is 2. The average molecular weight is 384 g/mol. The van der Waals surface area contributed by atoms with Gasteiger partial charge in [0.2, 0.25) is 0 Å². The molecule has 0 aliphatic heterocycles. The van der Waals surface area contributed by atoms with E-state index in [4.69, 9.17) is 21.1 Å². The Morgan fingerprint density at radius 3 is 2.41 bits per heavy atom. The minimum atomic E-state index is -0.607. The molecule has 0 heterocycles. The molecule has 5 nitrogen and oxygen atoms in total. The average Bonchev–Trinajstić information content (AvgIpc) is 2.70. The Bertz CT molecular complexity index is 940. The van der Waals surface area contributed by atoms with Crippen LogP contribution in [0.1, 0.15) is 5.56 Å². The van der Waals surface area contributed by atoms with Crippen LogP contribution in [0, 0.1) is 0 Å². The predicted molar refractivity (Wildman–Crippen MR) is 104 cm³/mol. The van der Waals surface area contributed by atoms with Crippen molar-refractivity contribution in [2.75, 3.05) is 13.2 Å². The number of carbonyl (C=O) groups excluding carboxylic acids is 2. The van der Waals surface area contributed by atoms with Crippen molar-refractivity contribution >= 4 is 34.2 Å². The molecule has 3 rings (SSSR count). The molecule has 6 heteroatoms. The number of esters is 1. The van der Waals surface area contributed by atoms with Gasteiger partial charge in [-0.25, -0.2) is 4.79 Å². The number of hydrogen-bond acceptors (Lipinski definition) is 4. The second kappa shape index (κ2) is 9.05. The zero-order valence-corrected chi connectivity index (χ0v) is 15.2. The van der Waals surface area contributed by atoms with E-state index in [2.05, 4.69) is 5.32 Å². The summed E-state index contributed by atoms with van der Waals surface area (Å²) in [7, 11) is 0. The van der Waals surface area contributed by atoms with Crippen LogP contribution in [0.15, 0.2) is 66.7 Å². The van der Waals surface area contributed by atoms with Crippen LogP contribution in [0.5, 0.6) is 5.75 Å². The van der Waals surface area contributed by atoms with Crippen molar-refractivity contribution in [3.05, 3.63) is 77.3 Å². The standard InChI is InChI=1S/C21H18ClNO4/c22-18-8-5-15(6-9-18)12-23-20(24)13-27-21(25)14-26-19-10-7-16-3-1-2-4-17(16)11-19/h1-11H,12-14H2,(H,23,24). The molecular weight excluding hydrogens is 366 g/mol. The van der Waals surface area contributed by atoms with Crippen LogP contribution in [-0.4, -0.2) is 25.1 Å². The number of amides is 1. The normalized spacial score (nSPS) is 10.4. The zero-order valence-electron chi connectivity index (χ0n) is 14.5. The van der Waals surface area contributed by atoms with Gasteiger partial charge in [-0.1, -0.05) is 54.1 Å². The summed E-state index contributed by atoms with van der Waals surface area (Å²) in [6, 6.07) is 20.5. The van der Waals surface area contributed by atoms with E-state index in [1.165, 1.54) is 0 Å². The maximum absolute atomic E-state index is 11.8. The number of rotatable bonds is 7. The third-order valence-corrected chi connectivity index (χ3v) is 4.10. The maximum atomic E-state index is 11.8. The van der Waals surface area contributed by atoms with Crippen molar-refractivity contribution < 1.29 is 19.1 Å². The first-order chi connectivity index (χ1) is 13.1. The monoisotopic (exact) mass is 383 g/mol. The zero-order chi connectivity index (χ0) is 19.1. The first-order valence-corrected chi connectivity index (χ1v) is 8.76. The molecule has 138 valence electrons. The number of fused-ring (bicyclic) bond motifs is 1. The van der Waals surface area contributed by atoms with Gasteiger partial charge in [0.15, 0.2) is 13.2 Å². The molecule has 0 saturated carbocycles. The Hall–Kier alpha value is -3.05. The highest BCUT2D eigenvalue weighted by Gasteiger charge is 2.09. The summed E-state index contributed by atoms with van der Waals surface area (Å²) in [5.74, 6) is -0.424. The Morgan fingerprint density at radius 2 is 1.63 bits per heavy atom. The van der Waals surface area contributed by atoms with Crippen LogP contribution >= 0.6 is 11.6 Å². The second-order valence-corrected chi connectivity index (χ2v) is 6.30. The topological polar surface area (TPSA) is 64.6 Å². The van der Waals surface area contributed by atoms with E-state index < -0.39 is 5.97 Å². The van der Waals surface area contributed by atoms with E-state index in [1.54, 1.807) is 18.2 Å². The maximum Gasteiger partial charge on any atom is 0.344 e. The minimum Gasteiger partial charge on any atom is -0.482 e. The number of halogens is 1. The summed E-state index contributed by atoms with van der Waals surface area (Å²) in [5, 5.41) is 5.40. The molecule has 0 radical (unpaired) electrons. The van der Waals surface area contributed by atoms with Crippen molar-refractivity contribution in [3.63, 3.8) is 0 Å². The van der Waals surface area contributed by atoms with Gasteiger partial charge in [-0.3, -0.25) is 4.79 Å². The third-order valence-electron chi connectivity index (χ3n) is 3.84. The van der Waals surface area contributed by atoms with Gasteiger partial charge in [0, 0.05) is 11.6 Å². The fourth-order valence-corrected chi connectivity index (χ4v) is 2.57. The molecular formula is C21H18ClNO4. The lowest BCUT2D eigenvalue weighted by molar-refractivity contribution is -0.150. The van der Waals surface area contributed by atoms with E-state index >= 15 is 0 Å². The van der Waals surface area contributed by atoms with Crippen LogP contribution < -0.4 is 10.1 Å². The largest absolute Gasteiger partial charge is 0.482 e. The van der Waals surface area contributed by atoms with Crippen LogP contribution in [-0.2, 0) is 20.9 Å². The first-order valence-electron chi connectivity index (χ1n) is 8.38. The highest BCUT2D eigenvalue weighted by atomic mass is 35.5. The van der Waals surface area contributed by atoms with Crippen LogP contribution in [0.3, 0.4) is 0 Å². The highest BCUT2D eigenvalue weighted by Crippen LogP contribution is 2.20. The van der Waals surface area contributed by atoms with Gasteiger partial charge in [0.05, 0.1) is 0 Å². The van der Waals surface area contributed by atoms with Crippen molar-refractivity contribution in [1.29, 1.82) is 0 Å². The quantitative estimate of drug-likeness (QED) is 0.631. The van der Waals surface area contributed by atoms with Gasteiger partial charge >= 0.3 is 5.97 Å². The molecule has 0 atom stereocenters.